The van der Waals surface area contributed by atoms with E-state index in [9.17, 15) is 0 Å². The van der Waals surface area contributed by atoms with Gasteiger partial charge < -0.3 is 0 Å². The minimum Gasteiger partial charge on any atom is -0.126 e. The zero-order chi connectivity index (χ0) is 28.7. The van der Waals surface area contributed by atoms with Crippen molar-refractivity contribution in [3.05, 3.63) is 181 Å². The van der Waals surface area contributed by atoms with E-state index in [0.29, 0.717) is 0 Å². The normalized spacial score (nSPS) is 10.6. The first kappa shape index (κ1) is 28.3. The van der Waals surface area contributed by atoms with Gasteiger partial charge in [-0.15, -0.1) is 79.5 Å². The molecule has 0 saturated carbocycles. The van der Waals surface area contributed by atoms with Crippen molar-refractivity contribution in [3.8, 4) is 0 Å². The molecule has 0 aliphatic rings. The largest absolute Gasteiger partial charge is 0.126 e. The number of hydrogen-bond donors (Lipinski definition) is 0. The van der Waals surface area contributed by atoms with Crippen LogP contribution in [0.1, 0.15) is 11.1 Å². The molecule has 0 saturated heterocycles. The van der Waals surface area contributed by atoms with Crippen LogP contribution < -0.4 is 0 Å². The molecule has 0 N–H and O–H groups in total. The third-order valence-electron chi connectivity index (χ3n) is 7.36. The monoisotopic (exact) mass is 614 g/mol. The van der Waals surface area contributed by atoms with E-state index in [-0.39, 0.29) is 0 Å². The molecule has 8 aromatic carbocycles. The summed E-state index contributed by atoms with van der Waals surface area (Å²) >= 11 is -2.15. The average Bonchev–Trinajstić information content (AvgIpc) is 3.61. The molecule has 0 fully saturated rings. The molecule has 3 heteroatoms. The van der Waals surface area contributed by atoms with Crippen LogP contribution >= 0.6 is 18.6 Å². The zero-order valence-corrected chi connectivity index (χ0v) is 26.0. The Morgan fingerprint density at radius 3 is 0.905 bits per heavy atom. The number of hydrogen-bond acceptors (Lipinski definition) is 0. The Morgan fingerprint density at radius 1 is 0.357 bits per heavy atom. The van der Waals surface area contributed by atoms with E-state index in [1.54, 1.807) is 0 Å². The van der Waals surface area contributed by atoms with E-state index in [0.717, 1.165) is 14.9 Å². The Morgan fingerprint density at radius 2 is 0.619 bits per heavy atom. The first-order valence-corrected chi connectivity index (χ1v) is 19.0. The van der Waals surface area contributed by atoms with Crippen LogP contribution in [-0.2, 0) is 15.3 Å². The fraction of sp³-hybridized carbons (Fsp3) is 0. The molecule has 0 aliphatic heterocycles. The maximum atomic E-state index is 6.21. The van der Waals surface area contributed by atoms with E-state index >= 15 is 0 Å². The summed E-state index contributed by atoms with van der Waals surface area (Å²) in [6.07, 6.45) is 0. The molecule has 42 heavy (non-hydrogen) atoms. The minimum atomic E-state index is -2.15. The molecule has 204 valence electrons. The quantitative estimate of drug-likeness (QED) is 0.134. The van der Waals surface area contributed by atoms with Crippen molar-refractivity contribution < 1.29 is 15.3 Å². The van der Waals surface area contributed by atoms with Gasteiger partial charge in [0.05, 0.1) is 0 Å². The van der Waals surface area contributed by atoms with Gasteiger partial charge in [-0.3, -0.25) is 0 Å². The maximum absolute atomic E-state index is 6.21. The number of halogens is 2. The molecule has 0 nitrogen and oxygen atoms in total. The van der Waals surface area contributed by atoms with E-state index in [1.807, 2.05) is 36.4 Å². The molecule has 0 bridgehead atoms. The van der Waals surface area contributed by atoms with Gasteiger partial charge >= 0.3 is 109 Å². The van der Waals surface area contributed by atoms with Gasteiger partial charge in [0, 0.05) is 0 Å². The van der Waals surface area contributed by atoms with Crippen LogP contribution in [0, 0.1) is 0 Å². The van der Waals surface area contributed by atoms with E-state index < -0.39 is 15.3 Å². The van der Waals surface area contributed by atoms with Crippen LogP contribution in [0.4, 0.5) is 0 Å². The smallest absolute Gasteiger partial charge is 0.0771 e. The number of benzene rings is 6. The second-order valence-corrected chi connectivity index (χ2v) is 15.5. The minimum absolute atomic E-state index is 1.12. The molecule has 0 aliphatic carbocycles. The van der Waals surface area contributed by atoms with Crippen molar-refractivity contribution in [1.29, 1.82) is 0 Å². The average molecular weight is 615 g/mol. The third-order valence-corrected chi connectivity index (χ3v) is 10.4. The second kappa shape index (κ2) is 13.5. The van der Waals surface area contributed by atoms with E-state index in [4.69, 9.17) is 18.6 Å². The van der Waals surface area contributed by atoms with Gasteiger partial charge in [0.2, 0.25) is 0 Å². The number of rotatable bonds is 2. The first-order valence-electron chi connectivity index (χ1n) is 13.9. The zero-order valence-electron chi connectivity index (χ0n) is 22.9. The molecular weight excluding hydrogens is 587 g/mol. The second-order valence-electron chi connectivity index (χ2n) is 10.0. The summed E-state index contributed by atoms with van der Waals surface area (Å²) in [4.78, 5) is 0. The Labute approximate surface area is 260 Å². The van der Waals surface area contributed by atoms with Gasteiger partial charge in [-0.1, -0.05) is 72.8 Å². The summed E-state index contributed by atoms with van der Waals surface area (Å²) in [5.74, 6) is 0. The first-order chi connectivity index (χ1) is 20.7. The molecule has 0 spiro atoms. The van der Waals surface area contributed by atoms with Crippen LogP contribution in [-0.4, -0.2) is 3.81 Å². The molecule has 8 aromatic rings. The molecule has 0 aromatic heterocycles. The Bertz CT molecular complexity index is 1850. The topological polar surface area (TPSA) is 0 Å². The Balaban J connectivity index is 0.000000113. The Hall–Kier alpha value is -3.78. The van der Waals surface area contributed by atoms with Crippen molar-refractivity contribution in [1.82, 2.24) is 0 Å². The van der Waals surface area contributed by atoms with E-state index in [1.165, 1.54) is 43.1 Å². The molecule has 0 unspecified atom stereocenters. The molecule has 0 radical (unpaired) electrons. The summed E-state index contributed by atoms with van der Waals surface area (Å²) in [5, 5.41) is 10.8. The Kier molecular flexibility index (Phi) is 9.09. The summed E-state index contributed by atoms with van der Waals surface area (Å²) in [6, 6.07) is 58.8. The van der Waals surface area contributed by atoms with Gasteiger partial charge in [-0.05, 0) is 0 Å². The van der Waals surface area contributed by atoms with Crippen LogP contribution in [0.25, 0.3) is 43.1 Å². The van der Waals surface area contributed by atoms with Crippen LogP contribution in [0.3, 0.4) is 0 Å². The van der Waals surface area contributed by atoms with Crippen LogP contribution in [0.5, 0.6) is 0 Å². The maximum Gasteiger partial charge on any atom is -0.0771 e. The van der Waals surface area contributed by atoms with Gasteiger partial charge in [0.1, 0.15) is 0 Å². The van der Waals surface area contributed by atoms with Gasteiger partial charge in [-0.2, -0.15) is 0 Å². The predicted molar refractivity (Wildman–Crippen MR) is 182 cm³/mol. The molecule has 8 rings (SSSR count). The van der Waals surface area contributed by atoms with Crippen molar-refractivity contribution >= 4 is 65.5 Å². The standard InChI is InChI=1S/2C13H9.C13H10.2ClH.Ti/c2*1-3-7-12-10(5-1)9-11-6-2-4-8-13(11)12;1-3-7-12(8-4-1)11-13-9-5-2-6-10-13;;;/h2*1-9H;1-10H;2*1H;/q2*-1;;;;+2/p-2. The molecule has 0 atom stereocenters. The molecule has 0 heterocycles. The van der Waals surface area contributed by atoms with Crippen molar-refractivity contribution in [2.24, 2.45) is 0 Å². The fourth-order valence-corrected chi connectivity index (χ4v) is 8.40. The SMILES string of the molecule is [Cl][Ti]([Cl])=[C](c1ccccc1)c1ccccc1.c1ccc2c(c1)[cH-]c1ccccc12.c1ccc2c(c1)[cH-]c1ccccc12. The molecule has 0 amide bonds. The van der Waals surface area contributed by atoms with Crippen molar-refractivity contribution in [3.63, 3.8) is 0 Å². The fourth-order valence-electron chi connectivity index (χ4n) is 5.40. The molecular formula is C39H28Cl2Ti-2. The number of fused-ring (bicyclic) bond motifs is 6. The van der Waals surface area contributed by atoms with Crippen LogP contribution in [0.15, 0.2) is 170 Å². The van der Waals surface area contributed by atoms with Crippen molar-refractivity contribution in [2.45, 2.75) is 0 Å². The summed E-state index contributed by atoms with van der Waals surface area (Å²) in [5.41, 5.74) is 2.27. The van der Waals surface area contributed by atoms with E-state index in [2.05, 4.69) is 133 Å². The van der Waals surface area contributed by atoms with Crippen LogP contribution in [0.2, 0.25) is 0 Å². The van der Waals surface area contributed by atoms with Gasteiger partial charge in [-0.25, -0.2) is 0 Å². The summed E-state index contributed by atoms with van der Waals surface area (Å²) < 4.78 is 1.12. The summed E-state index contributed by atoms with van der Waals surface area (Å²) in [6.45, 7) is 0. The van der Waals surface area contributed by atoms with Gasteiger partial charge in [0.15, 0.2) is 0 Å². The third kappa shape index (κ3) is 6.34. The predicted octanol–water partition coefficient (Wildman–Crippen LogP) is 11.6. The van der Waals surface area contributed by atoms with Gasteiger partial charge in [0.25, 0.3) is 0 Å². The van der Waals surface area contributed by atoms with Crippen molar-refractivity contribution in [2.75, 3.05) is 0 Å². The summed E-state index contributed by atoms with van der Waals surface area (Å²) in [7, 11) is 12.4.